The Bertz CT molecular complexity index is 2370. The molecule has 7 N–H and O–H groups in total. The molecular formula is C59H92N10O11. The Balaban J connectivity index is 2.10. The van der Waals surface area contributed by atoms with E-state index in [9.17, 15) is 48.3 Å². The second-order valence-electron chi connectivity index (χ2n) is 22.5. The van der Waals surface area contributed by atoms with Crippen LogP contribution in [0.2, 0.25) is 0 Å². The monoisotopic (exact) mass is 1120 g/mol. The number of aliphatic hydroxyl groups excluding tert-OH is 1. The molecule has 0 aliphatic carbocycles. The molecule has 0 unspecified atom stereocenters. The molecule has 21 heteroatoms. The van der Waals surface area contributed by atoms with Crippen LogP contribution in [0.25, 0.3) is 0 Å². The Hall–Kier alpha value is -6.74. The van der Waals surface area contributed by atoms with Crippen LogP contribution in [-0.4, -0.2) is 191 Å². The highest BCUT2D eigenvalue weighted by Crippen LogP contribution is 2.20. The van der Waals surface area contributed by atoms with E-state index in [1.807, 2.05) is 41.5 Å². The number of aliphatic hydroxyl groups is 1. The smallest absolute Gasteiger partial charge is 0.246 e. The van der Waals surface area contributed by atoms with Crippen molar-refractivity contribution in [3.05, 3.63) is 71.8 Å². The summed E-state index contributed by atoms with van der Waals surface area (Å²) in [4.78, 5) is 147. The predicted octanol–water partition coefficient (Wildman–Crippen LogP) is 2.21. The first-order chi connectivity index (χ1) is 37.7. The van der Waals surface area contributed by atoms with Crippen molar-refractivity contribution < 1.29 is 53.1 Å². The van der Waals surface area contributed by atoms with Gasteiger partial charge in [0.05, 0.1) is 25.1 Å². The number of benzene rings is 2. The normalized spacial score (nSPS) is 16.2. The molecule has 3 rings (SSSR count). The molecule has 10 atom stereocenters. The second-order valence-corrected chi connectivity index (χ2v) is 22.5. The number of nitrogens with two attached hydrogens (primary N) is 1. The highest BCUT2D eigenvalue weighted by atomic mass is 16.3. The van der Waals surface area contributed by atoms with E-state index in [1.54, 1.807) is 65.6 Å². The van der Waals surface area contributed by atoms with E-state index in [-0.39, 0.29) is 49.3 Å². The number of aldehydes is 1. The number of likely N-dealkylation sites (N-methyl/N-ethyl adjacent to an activating group) is 4. The molecule has 80 heavy (non-hydrogen) atoms. The second kappa shape index (κ2) is 33.1. The summed E-state index contributed by atoms with van der Waals surface area (Å²) in [5.74, 6) is -6.37. The molecule has 1 aliphatic heterocycles. The third kappa shape index (κ3) is 21.1. The summed E-state index contributed by atoms with van der Waals surface area (Å²) in [6.07, 6.45) is 2.27. The molecule has 2 aromatic rings. The summed E-state index contributed by atoms with van der Waals surface area (Å²) in [6, 6.07) is 8.41. The zero-order valence-electron chi connectivity index (χ0n) is 49.3. The Morgan fingerprint density at radius 1 is 0.625 bits per heavy atom. The van der Waals surface area contributed by atoms with E-state index in [0.29, 0.717) is 43.3 Å². The number of piperidine rings is 1. The molecule has 0 radical (unpaired) electrons. The molecule has 2 aromatic carbocycles. The van der Waals surface area contributed by atoms with Gasteiger partial charge in [-0.25, -0.2) is 0 Å². The Morgan fingerprint density at radius 2 is 1.14 bits per heavy atom. The van der Waals surface area contributed by atoms with Crippen LogP contribution < -0.4 is 27.0 Å². The summed E-state index contributed by atoms with van der Waals surface area (Å²) in [5.41, 5.74) is 7.26. The van der Waals surface area contributed by atoms with Crippen LogP contribution in [0.3, 0.4) is 0 Å². The summed E-state index contributed by atoms with van der Waals surface area (Å²) < 4.78 is 0. The molecule has 0 saturated carbocycles. The van der Waals surface area contributed by atoms with E-state index in [4.69, 9.17) is 5.73 Å². The molecule has 1 aliphatic rings. The minimum absolute atomic E-state index is 0.00882. The minimum Gasteiger partial charge on any atom is -0.392 e. The Morgan fingerprint density at radius 3 is 1.64 bits per heavy atom. The lowest BCUT2D eigenvalue weighted by Gasteiger charge is -2.36. The first-order valence-corrected chi connectivity index (χ1v) is 28.2. The van der Waals surface area contributed by atoms with Crippen LogP contribution in [0.1, 0.15) is 118 Å². The molecular weight excluding hydrogens is 1020 g/mol. The molecule has 21 nitrogen and oxygen atoms in total. The van der Waals surface area contributed by atoms with Gasteiger partial charge in [0.25, 0.3) is 0 Å². The number of nitrogens with one attached hydrogen (secondary N) is 4. The van der Waals surface area contributed by atoms with Gasteiger partial charge in [0.2, 0.25) is 53.2 Å². The lowest BCUT2D eigenvalue weighted by Crippen LogP contribution is -2.61. The highest BCUT2D eigenvalue weighted by Gasteiger charge is 2.40. The molecule has 0 spiro atoms. The van der Waals surface area contributed by atoms with Crippen LogP contribution >= 0.6 is 0 Å². The van der Waals surface area contributed by atoms with Crippen molar-refractivity contribution in [2.45, 2.75) is 174 Å². The van der Waals surface area contributed by atoms with E-state index in [1.165, 1.54) is 51.8 Å². The zero-order valence-corrected chi connectivity index (χ0v) is 49.3. The molecule has 9 amide bonds. The van der Waals surface area contributed by atoms with E-state index >= 15 is 4.79 Å². The molecule has 1 saturated heterocycles. The molecule has 444 valence electrons. The molecule has 0 bridgehead atoms. The topological polar surface area (TPSA) is 281 Å². The fourth-order valence-electron chi connectivity index (χ4n) is 9.48. The lowest BCUT2D eigenvalue weighted by molar-refractivity contribution is -0.146. The van der Waals surface area contributed by atoms with Crippen molar-refractivity contribution in [2.24, 2.45) is 23.5 Å². The van der Waals surface area contributed by atoms with Crippen molar-refractivity contribution >= 4 is 59.5 Å². The van der Waals surface area contributed by atoms with Crippen LogP contribution in [0.4, 0.5) is 0 Å². The van der Waals surface area contributed by atoms with E-state index in [0.717, 1.165) is 29.1 Å². The van der Waals surface area contributed by atoms with E-state index in [2.05, 4.69) is 21.3 Å². The Labute approximate surface area is 473 Å². The van der Waals surface area contributed by atoms with Gasteiger partial charge >= 0.3 is 0 Å². The van der Waals surface area contributed by atoms with Crippen molar-refractivity contribution in [3.63, 3.8) is 0 Å². The average molecular weight is 1120 g/mol. The van der Waals surface area contributed by atoms with Gasteiger partial charge in [-0.2, -0.15) is 0 Å². The number of hydrogen-bond acceptors (Lipinski definition) is 12. The average Bonchev–Trinajstić information content (AvgIpc) is 3.47. The fraction of sp³-hybridized carbons (Fsp3) is 0.627. The van der Waals surface area contributed by atoms with Crippen molar-refractivity contribution in [1.29, 1.82) is 0 Å². The molecule has 1 heterocycles. The van der Waals surface area contributed by atoms with Gasteiger partial charge in [-0.3, -0.25) is 43.2 Å². The van der Waals surface area contributed by atoms with Gasteiger partial charge in [0.15, 0.2) is 0 Å². The number of likely N-dealkylation sites (tertiary alicyclic amines) is 1. The summed E-state index contributed by atoms with van der Waals surface area (Å²) in [7, 11) is 5.63. The zero-order chi connectivity index (χ0) is 60.0. The van der Waals surface area contributed by atoms with Crippen molar-refractivity contribution in [3.8, 4) is 0 Å². The minimum atomic E-state index is -1.71. The molecule has 1 fully saturated rings. The summed E-state index contributed by atoms with van der Waals surface area (Å²) in [5, 5.41) is 21.0. The number of hydrogen-bond donors (Lipinski definition) is 6. The summed E-state index contributed by atoms with van der Waals surface area (Å²) >= 11 is 0. The number of carbonyl (C=O) groups excluding carboxylic acids is 10. The van der Waals surface area contributed by atoms with Gasteiger partial charge < -0.3 is 61.4 Å². The van der Waals surface area contributed by atoms with Gasteiger partial charge in [0, 0.05) is 66.6 Å². The number of nitrogens with zero attached hydrogens (tertiary/aromatic N) is 5. The maximum atomic E-state index is 15.2. The first-order valence-electron chi connectivity index (χ1n) is 28.2. The van der Waals surface area contributed by atoms with Crippen molar-refractivity contribution in [2.75, 3.05) is 47.8 Å². The Kier molecular flexibility index (Phi) is 28.0. The number of carbonyl (C=O) groups is 10. The third-order valence-electron chi connectivity index (χ3n) is 14.9. The first kappa shape index (κ1) is 67.5. The quantitative estimate of drug-likeness (QED) is 0.0593. The van der Waals surface area contributed by atoms with Crippen LogP contribution in [0, 0.1) is 17.8 Å². The standard InChI is InChI=1S/C59H92N10O11/c1-13-39(6)53(59(80)69-27-21-16-22-28-69)64-56(77)49(32-43-25-19-15-20-26-43)68(12)58(79)47(34-50(72)61-40(7)57(78)66(10)44(36-70)29-37(2)3)63-54(75)46(30-38(4)5)62-55(76)48(31-42-23-17-14-18-24-42)67(11)52(74)35-65(9)51(73)33-45(60)41(8)71/h14-15,17-20,23-26,36-41,44-49,53,71H,13,16,21-22,27-35,60H2,1-12H3,(H,61,72)(H,62,76)(H,63,75)(H,64,77)/t39-,40-,41+,44-,45+,46-,47-,48-,49-,53-/m0/s1. The maximum absolute atomic E-state index is 15.2. The van der Waals surface area contributed by atoms with Gasteiger partial charge in [-0.05, 0) is 74.8 Å². The van der Waals surface area contributed by atoms with Crippen molar-refractivity contribution in [1.82, 2.24) is 45.8 Å². The molecule has 0 aromatic heterocycles. The fourth-order valence-corrected chi connectivity index (χ4v) is 9.48. The highest BCUT2D eigenvalue weighted by molar-refractivity contribution is 5.99. The van der Waals surface area contributed by atoms with Gasteiger partial charge in [-0.15, -0.1) is 0 Å². The van der Waals surface area contributed by atoms with E-state index < -0.39 is 115 Å². The third-order valence-corrected chi connectivity index (χ3v) is 14.9. The maximum Gasteiger partial charge on any atom is 0.246 e. The lowest BCUT2D eigenvalue weighted by atomic mass is 9.95. The van der Waals surface area contributed by atoms with Crippen LogP contribution in [0.5, 0.6) is 0 Å². The number of amides is 9. The van der Waals surface area contributed by atoms with Gasteiger partial charge in [-0.1, -0.05) is 109 Å². The predicted molar refractivity (Wildman–Crippen MR) is 305 cm³/mol. The SMILES string of the molecule is CC[C@H](C)[C@H](NC(=O)[C@H](Cc1ccccc1)N(C)C(=O)[C@H](CC(=O)N[C@@H](C)C(=O)N(C)[C@H](C=O)CC(C)C)NC(=O)[C@H](CC(C)C)NC(=O)[C@H](Cc1ccccc1)N(C)C(=O)CN(C)C(=O)C[C@@H](N)[C@@H](C)O)C(=O)N1CCCCC1. The van der Waals surface area contributed by atoms with Gasteiger partial charge in [0.1, 0.15) is 42.5 Å². The summed E-state index contributed by atoms with van der Waals surface area (Å²) in [6.45, 7) is 14.8. The van der Waals surface area contributed by atoms with Crippen LogP contribution in [0.15, 0.2) is 60.7 Å². The largest absolute Gasteiger partial charge is 0.392 e. The van der Waals surface area contributed by atoms with Crippen LogP contribution in [-0.2, 0) is 60.8 Å². The number of rotatable bonds is 31.